The van der Waals surface area contributed by atoms with E-state index in [0.717, 1.165) is 0 Å². The molecule has 1 atom stereocenters. The van der Waals surface area contributed by atoms with Crippen LogP contribution < -0.4 is 32.0 Å². The number of nitrogen functional groups attached to an aromatic ring is 2. The lowest BCUT2D eigenvalue weighted by Crippen LogP contribution is -2.45. The molecule has 0 aromatic heterocycles. The van der Waals surface area contributed by atoms with Crippen LogP contribution in [0.5, 0.6) is 5.75 Å². The number of carbonyl (C=O) groups is 1. The SMILES string of the molecule is CNC1COc2cc(NN)c(N)cc2N(C)C1=O. The van der Waals surface area contributed by atoms with Gasteiger partial charge in [0, 0.05) is 13.1 Å². The Labute approximate surface area is 105 Å². The molecule has 0 bridgehead atoms. The first kappa shape index (κ1) is 12.5. The summed E-state index contributed by atoms with van der Waals surface area (Å²) in [6.45, 7) is 0.264. The molecular formula is C11H17N5O2. The van der Waals surface area contributed by atoms with E-state index in [1.165, 1.54) is 4.90 Å². The maximum atomic E-state index is 12.1. The lowest BCUT2D eigenvalue weighted by atomic mass is 10.2. The quantitative estimate of drug-likeness (QED) is 0.321. The van der Waals surface area contributed by atoms with E-state index in [-0.39, 0.29) is 18.6 Å². The number of hydrogen-bond donors (Lipinski definition) is 4. The highest BCUT2D eigenvalue weighted by molar-refractivity contribution is 6.00. The molecule has 0 saturated heterocycles. The van der Waals surface area contributed by atoms with Crippen molar-refractivity contribution in [2.75, 3.05) is 36.8 Å². The number of hydrogen-bond acceptors (Lipinski definition) is 6. The van der Waals surface area contributed by atoms with Crippen molar-refractivity contribution < 1.29 is 9.53 Å². The molecule has 18 heavy (non-hydrogen) atoms. The van der Waals surface area contributed by atoms with Crippen molar-refractivity contribution in [2.45, 2.75) is 6.04 Å². The van der Waals surface area contributed by atoms with Crippen LogP contribution in [0.2, 0.25) is 0 Å². The fourth-order valence-corrected chi connectivity index (χ4v) is 1.89. The Morgan fingerprint density at radius 3 is 2.83 bits per heavy atom. The van der Waals surface area contributed by atoms with Crippen LogP contribution >= 0.6 is 0 Å². The number of amides is 1. The van der Waals surface area contributed by atoms with Gasteiger partial charge >= 0.3 is 0 Å². The smallest absolute Gasteiger partial charge is 0.247 e. The second-order valence-electron chi connectivity index (χ2n) is 4.10. The summed E-state index contributed by atoms with van der Waals surface area (Å²) in [5.41, 5.74) is 9.98. The Morgan fingerprint density at radius 2 is 2.22 bits per heavy atom. The van der Waals surface area contributed by atoms with Gasteiger partial charge < -0.3 is 26.1 Å². The van der Waals surface area contributed by atoms with Crippen LogP contribution in [0, 0.1) is 0 Å². The zero-order chi connectivity index (χ0) is 13.3. The van der Waals surface area contributed by atoms with E-state index >= 15 is 0 Å². The number of nitrogens with two attached hydrogens (primary N) is 2. The molecule has 0 aliphatic carbocycles. The third kappa shape index (κ3) is 1.93. The first-order valence-corrected chi connectivity index (χ1v) is 5.56. The highest BCUT2D eigenvalue weighted by Gasteiger charge is 2.28. The van der Waals surface area contributed by atoms with Crippen LogP contribution in [0.1, 0.15) is 0 Å². The van der Waals surface area contributed by atoms with Crippen LogP contribution in [-0.4, -0.2) is 32.7 Å². The number of anilines is 3. The number of benzene rings is 1. The minimum Gasteiger partial charge on any atom is -0.489 e. The van der Waals surface area contributed by atoms with Crippen molar-refractivity contribution in [1.29, 1.82) is 0 Å². The zero-order valence-corrected chi connectivity index (χ0v) is 10.4. The van der Waals surface area contributed by atoms with E-state index in [2.05, 4.69) is 10.7 Å². The largest absolute Gasteiger partial charge is 0.489 e. The van der Waals surface area contributed by atoms with Crippen molar-refractivity contribution in [3.63, 3.8) is 0 Å². The highest BCUT2D eigenvalue weighted by Crippen LogP contribution is 2.36. The average molecular weight is 251 g/mol. The summed E-state index contributed by atoms with van der Waals surface area (Å²) in [6.07, 6.45) is 0. The first-order chi connectivity index (χ1) is 8.58. The number of nitrogens with zero attached hydrogens (tertiary/aromatic N) is 1. The molecule has 1 aromatic rings. The summed E-state index contributed by atoms with van der Waals surface area (Å²) in [4.78, 5) is 13.6. The molecule has 1 aliphatic heterocycles. The Balaban J connectivity index is 2.47. The van der Waals surface area contributed by atoms with E-state index in [1.54, 1.807) is 26.2 Å². The van der Waals surface area contributed by atoms with Crippen LogP contribution in [0.25, 0.3) is 0 Å². The minimum absolute atomic E-state index is 0.0656. The highest BCUT2D eigenvalue weighted by atomic mass is 16.5. The summed E-state index contributed by atoms with van der Waals surface area (Å²) >= 11 is 0. The molecule has 1 aliphatic rings. The van der Waals surface area contributed by atoms with Gasteiger partial charge in [-0.1, -0.05) is 0 Å². The van der Waals surface area contributed by atoms with Gasteiger partial charge in [-0.25, -0.2) is 0 Å². The fourth-order valence-electron chi connectivity index (χ4n) is 1.89. The summed E-state index contributed by atoms with van der Waals surface area (Å²) < 4.78 is 5.61. The Bertz CT molecular complexity index is 477. The standard InChI is InChI=1S/C11H17N5O2/c1-14-8-5-18-10-4-7(15-13)6(12)3-9(10)16(2)11(8)17/h3-4,8,14-15H,5,12-13H2,1-2H3. The van der Waals surface area contributed by atoms with Gasteiger partial charge in [0.15, 0.2) is 0 Å². The van der Waals surface area contributed by atoms with Gasteiger partial charge in [-0.3, -0.25) is 10.6 Å². The van der Waals surface area contributed by atoms with Crippen molar-refractivity contribution >= 4 is 23.0 Å². The number of fused-ring (bicyclic) bond motifs is 1. The zero-order valence-electron chi connectivity index (χ0n) is 10.4. The summed E-state index contributed by atoms with van der Waals surface area (Å²) in [5.74, 6) is 5.87. The molecule has 1 amide bonds. The predicted octanol–water partition coefficient (Wildman–Crippen LogP) is -0.502. The van der Waals surface area contributed by atoms with Crippen LogP contribution in [0.15, 0.2) is 12.1 Å². The van der Waals surface area contributed by atoms with E-state index in [1.807, 2.05) is 0 Å². The molecule has 6 N–H and O–H groups in total. The summed E-state index contributed by atoms with van der Waals surface area (Å²) in [6, 6.07) is 2.98. The van der Waals surface area contributed by atoms with Gasteiger partial charge in [0.2, 0.25) is 5.91 Å². The van der Waals surface area contributed by atoms with Crippen molar-refractivity contribution in [1.82, 2.24) is 5.32 Å². The molecule has 2 rings (SSSR count). The molecule has 98 valence electrons. The summed E-state index contributed by atoms with van der Waals surface area (Å²) in [5, 5.41) is 2.91. The number of rotatable bonds is 2. The lowest BCUT2D eigenvalue weighted by Gasteiger charge is -2.20. The molecule has 0 radical (unpaired) electrons. The van der Waals surface area contributed by atoms with Crippen molar-refractivity contribution in [3.05, 3.63) is 12.1 Å². The fraction of sp³-hybridized carbons (Fsp3) is 0.364. The van der Waals surface area contributed by atoms with Crippen molar-refractivity contribution in [3.8, 4) is 5.75 Å². The van der Waals surface area contributed by atoms with E-state index in [9.17, 15) is 4.79 Å². The van der Waals surface area contributed by atoms with E-state index < -0.39 is 0 Å². The predicted molar refractivity (Wildman–Crippen MR) is 70.4 cm³/mol. The molecule has 1 unspecified atom stereocenters. The topological polar surface area (TPSA) is 106 Å². The second-order valence-corrected chi connectivity index (χ2v) is 4.10. The number of nitrogens with one attached hydrogen (secondary N) is 2. The van der Waals surface area contributed by atoms with Crippen LogP contribution in [-0.2, 0) is 4.79 Å². The Morgan fingerprint density at radius 1 is 1.50 bits per heavy atom. The van der Waals surface area contributed by atoms with E-state index in [0.29, 0.717) is 22.8 Å². The lowest BCUT2D eigenvalue weighted by molar-refractivity contribution is -0.120. The molecule has 0 saturated carbocycles. The molecule has 0 spiro atoms. The Kier molecular flexibility index (Phi) is 3.26. The molecule has 7 nitrogen and oxygen atoms in total. The average Bonchev–Trinajstić information content (AvgIpc) is 2.49. The molecule has 1 aromatic carbocycles. The number of carbonyl (C=O) groups excluding carboxylic acids is 1. The maximum Gasteiger partial charge on any atom is 0.247 e. The molecule has 1 heterocycles. The minimum atomic E-state index is -0.377. The van der Waals surface area contributed by atoms with Crippen LogP contribution in [0.3, 0.4) is 0 Å². The Hall–Kier alpha value is -1.99. The second kappa shape index (κ2) is 4.71. The van der Waals surface area contributed by atoms with Gasteiger partial charge in [-0.15, -0.1) is 0 Å². The van der Waals surface area contributed by atoms with Gasteiger partial charge in [0.1, 0.15) is 18.4 Å². The first-order valence-electron chi connectivity index (χ1n) is 5.56. The van der Waals surface area contributed by atoms with Crippen molar-refractivity contribution in [2.24, 2.45) is 5.84 Å². The molecular weight excluding hydrogens is 234 g/mol. The third-order valence-electron chi connectivity index (χ3n) is 3.03. The maximum absolute atomic E-state index is 12.1. The molecule has 7 heteroatoms. The van der Waals surface area contributed by atoms with Gasteiger partial charge in [0.05, 0.1) is 17.1 Å². The van der Waals surface area contributed by atoms with Gasteiger partial charge in [0.25, 0.3) is 0 Å². The normalized spacial score (nSPS) is 18.9. The van der Waals surface area contributed by atoms with E-state index in [4.69, 9.17) is 16.3 Å². The monoisotopic (exact) mass is 251 g/mol. The third-order valence-corrected chi connectivity index (χ3v) is 3.03. The molecule has 0 fully saturated rings. The number of hydrazine groups is 1. The van der Waals surface area contributed by atoms with Gasteiger partial charge in [-0.2, -0.15) is 0 Å². The number of likely N-dealkylation sites (N-methyl/N-ethyl adjacent to an activating group) is 2. The summed E-state index contributed by atoms with van der Waals surface area (Å²) in [7, 11) is 3.41. The van der Waals surface area contributed by atoms with Gasteiger partial charge in [-0.05, 0) is 13.1 Å². The number of ether oxygens (including phenoxy) is 1. The van der Waals surface area contributed by atoms with Crippen LogP contribution in [0.4, 0.5) is 17.1 Å².